The third-order valence-electron chi connectivity index (χ3n) is 4.91. The number of rotatable bonds is 3. The zero-order valence-corrected chi connectivity index (χ0v) is 15.7. The van der Waals surface area contributed by atoms with Crippen molar-refractivity contribution in [1.29, 1.82) is 0 Å². The van der Waals surface area contributed by atoms with E-state index in [-0.39, 0.29) is 17.2 Å². The van der Waals surface area contributed by atoms with Gasteiger partial charge in [-0.3, -0.25) is 9.59 Å². The molecule has 0 radical (unpaired) electrons. The Morgan fingerprint density at radius 3 is 2.47 bits per heavy atom. The zero-order chi connectivity index (χ0) is 21.3. The van der Waals surface area contributed by atoms with Crippen LogP contribution in [0.2, 0.25) is 0 Å². The van der Waals surface area contributed by atoms with E-state index in [0.29, 0.717) is 12.2 Å². The molecule has 1 aromatic heterocycles. The molecule has 5 nitrogen and oxygen atoms in total. The van der Waals surface area contributed by atoms with Crippen LogP contribution in [0, 0.1) is 0 Å². The van der Waals surface area contributed by atoms with Crippen LogP contribution in [0.3, 0.4) is 0 Å². The average molecular weight is 414 g/mol. The molecule has 1 aliphatic heterocycles. The summed E-state index contributed by atoms with van der Waals surface area (Å²) in [6, 6.07) is 12.5. The van der Waals surface area contributed by atoms with Crippen LogP contribution in [0.15, 0.2) is 65.3 Å². The molecule has 1 N–H and O–H groups in total. The molecule has 0 unspecified atom stereocenters. The number of aryl methyl sites for hydroxylation is 1. The summed E-state index contributed by atoms with van der Waals surface area (Å²) in [7, 11) is 0. The normalized spacial score (nSPS) is 13.6. The van der Waals surface area contributed by atoms with Gasteiger partial charge in [-0.1, -0.05) is 0 Å². The molecule has 0 atom stereocenters. The van der Waals surface area contributed by atoms with E-state index in [0.717, 1.165) is 48.4 Å². The molecular weight excluding hydrogens is 397 g/mol. The van der Waals surface area contributed by atoms with Crippen molar-refractivity contribution in [2.45, 2.75) is 19.0 Å². The second kappa shape index (κ2) is 7.70. The van der Waals surface area contributed by atoms with Gasteiger partial charge in [0.05, 0.1) is 11.8 Å². The van der Waals surface area contributed by atoms with Crippen LogP contribution in [0.25, 0.3) is 0 Å². The van der Waals surface area contributed by atoms with Crippen LogP contribution in [0.1, 0.15) is 38.5 Å². The predicted molar refractivity (Wildman–Crippen MR) is 105 cm³/mol. The lowest BCUT2D eigenvalue weighted by molar-refractivity contribution is -0.137. The molecule has 30 heavy (non-hydrogen) atoms. The molecule has 0 saturated heterocycles. The van der Waals surface area contributed by atoms with Gasteiger partial charge >= 0.3 is 6.18 Å². The number of nitrogens with one attached hydrogen (secondary N) is 1. The van der Waals surface area contributed by atoms with E-state index < -0.39 is 17.6 Å². The highest BCUT2D eigenvalue weighted by Gasteiger charge is 2.30. The largest absolute Gasteiger partial charge is 0.459 e. The molecule has 4 rings (SSSR count). The van der Waals surface area contributed by atoms with E-state index in [1.165, 1.54) is 6.26 Å². The second-order valence-corrected chi connectivity index (χ2v) is 6.91. The fourth-order valence-electron chi connectivity index (χ4n) is 3.43. The smallest absolute Gasteiger partial charge is 0.416 e. The van der Waals surface area contributed by atoms with Crippen molar-refractivity contribution in [3.63, 3.8) is 0 Å². The Kier molecular flexibility index (Phi) is 5.07. The van der Waals surface area contributed by atoms with Gasteiger partial charge in [0.2, 0.25) is 0 Å². The number of halogens is 3. The molecule has 0 spiro atoms. The summed E-state index contributed by atoms with van der Waals surface area (Å²) in [5.41, 5.74) is 1.46. The molecule has 2 amide bonds. The third kappa shape index (κ3) is 3.94. The first-order chi connectivity index (χ1) is 14.3. The summed E-state index contributed by atoms with van der Waals surface area (Å²) in [4.78, 5) is 26.7. The molecule has 0 bridgehead atoms. The molecule has 154 valence electrons. The fraction of sp³-hybridized carbons (Fsp3) is 0.182. The van der Waals surface area contributed by atoms with Gasteiger partial charge in [-0.15, -0.1) is 0 Å². The number of alkyl halides is 3. The number of amides is 2. The van der Waals surface area contributed by atoms with Crippen molar-refractivity contribution in [1.82, 2.24) is 0 Å². The molecule has 2 aromatic carbocycles. The van der Waals surface area contributed by atoms with Gasteiger partial charge in [0, 0.05) is 23.5 Å². The number of hydrogen-bond donors (Lipinski definition) is 1. The SMILES string of the molecule is O=C(Nc1ccc2c(c1)CCCN2C(=O)c1ccco1)c1ccc(C(F)(F)F)cc1. The Hall–Kier alpha value is -3.55. The number of nitrogens with zero attached hydrogens (tertiary/aromatic N) is 1. The Bertz CT molecular complexity index is 1070. The minimum Gasteiger partial charge on any atom is -0.459 e. The average Bonchev–Trinajstić information content (AvgIpc) is 3.27. The molecule has 2 heterocycles. The van der Waals surface area contributed by atoms with Crippen molar-refractivity contribution < 1.29 is 27.2 Å². The van der Waals surface area contributed by atoms with Gasteiger partial charge < -0.3 is 14.6 Å². The highest BCUT2D eigenvalue weighted by atomic mass is 19.4. The van der Waals surface area contributed by atoms with Crippen molar-refractivity contribution >= 4 is 23.2 Å². The van der Waals surface area contributed by atoms with E-state index in [4.69, 9.17) is 4.42 Å². The molecule has 0 fully saturated rings. The Balaban J connectivity index is 1.51. The Morgan fingerprint density at radius 1 is 1.03 bits per heavy atom. The lowest BCUT2D eigenvalue weighted by Gasteiger charge is -2.29. The number of fused-ring (bicyclic) bond motifs is 1. The standard InChI is InChI=1S/C22H17F3N2O3/c23-22(24,25)16-7-5-14(6-8-16)20(28)26-17-9-10-18-15(13-17)3-1-11-27(18)21(29)19-4-2-12-30-19/h2,4-10,12-13H,1,3,11H2,(H,26,28). The lowest BCUT2D eigenvalue weighted by Crippen LogP contribution is -2.35. The highest BCUT2D eigenvalue weighted by Crippen LogP contribution is 2.32. The summed E-state index contributed by atoms with van der Waals surface area (Å²) in [6.45, 7) is 0.559. The number of carbonyl (C=O) groups is 2. The van der Waals surface area contributed by atoms with Gasteiger partial charge in [-0.2, -0.15) is 13.2 Å². The summed E-state index contributed by atoms with van der Waals surface area (Å²) in [6.07, 6.45) is -1.51. The minimum absolute atomic E-state index is 0.121. The van der Waals surface area contributed by atoms with Crippen molar-refractivity contribution in [3.05, 3.63) is 83.3 Å². The van der Waals surface area contributed by atoms with Gasteiger partial charge in [0.25, 0.3) is 11.8 Å². The molecule has 0 aliphatic carbocycles. The first-order valence-corrected chi connectivity index (χ1v) is 9.30. The van der Waals surface area contributed by atoms with Crippen LogP contribution in [-0.2, 0) is 12.6 Å². The maximum Gasteiger partial charge on any atom is 0.416 e. The second-order valence-electron chi connectivity index (χ2n) is 6.91. The number of carbonyl (C=O) groups excluding carboxylic acids is 2. The first kappa shape index (κ1) is 19.8. The summed E-state index contributed by atoms with van der Waals surface area (Å²) >= 11 is 0. The number of hydrogen-bond acceptors (Lipinski definition) is 3. The molecule has 8 heteroatoms. The van der Waals surface area contributed by atoms with Gasteiger partial charge in [0.1, 0.15) is 0 Å². The van der Waals surface area contributed by atoms with E-state index in [9.17, 15) is 22.8 Å². The fourth-order valence-corrected chi connectivity index (χ4v) is 3.43. The maximum absolute atomic E-state index is 12.7. The van der Waals surface area contributed by atoms with Gasteiger partial charge in [-0.05, 0) is 73.0 Å². The first-order valence-electron chi connectivity index (χ1n) is 9.30. The summed E-state index contributed by atoms with van der Waals surface area (Å²) in [5, 5.41) is 2.70. The Labute approximate surface area is 170 Å². The van der Waals surface area contributed by atoms with Crippen LogP contribution < -0.4 is 10.2 Å². The lowest BCUT2D eigenvalue weighted by atomic mass is 10.0. The molecular formula is C22H17F3N2O3. The van der Waals surface area contributed by atoms with E-state index in [1.807, 2.05) is 0 Å². The topological polar surface area (TPSA) is 62.6 Å². The number of anilines is 2. The van der Waals surface area contributed by atoms with E-state index >= 15 is 0 Å². The van der Waals surface area contributed by atoms with E-state index in [1.54, 1.807) is 35.2 Å². The predicted octanol–water partition coefficient (Wildman–Crippen LogP) is 5.14. The molecule has 1 aliphatic rings. The van der Waals surface area contributed by atoms with Crippen molar-refractivity contribution in [2.75, 3.05) is 16.8 Å². The molecule has 3 aromatic rings. The summed E-state index contributed by atoms with van der Waals surface area (Å²) < 4.78 is 43.2. The third-order valence-corrected chi connectivity index (χ3v) is 4.91. The van der Waals surface area contributed by atoms with Gasteiger partial charge in [-0.25, -0.2) is 0 Å². The van der Waals surface area contributed by atoms with Gasteiger partial charge in [0.15, 0.2) is 5.76 Å². The summed E-state index contributed by atoms with van der Waals surface area (Å²) in [5.74, 6) is -0.493. The monoisotopic (exact) mass is 414 g/mol. The van der Waals surface area contributed by atoms with Crippen LogP contribution in [0.5, 0.6) is 0 Å². The van der Waals surface area contributed by atoms with Crippen LogP contribution in [0.4, 0.5) is 24.5 Å². The highest BCUT2D eigenvalue weighted by molar-refractivity contribution is 6.06. The van der Waals surface area contributed by atoms with Crippen molar-refractivity contribution in [3.8, 4) is 0 Å². The number of benzene rings is 2. The van der Waals surface area contributed by atoms with Crippen LogP contribution in [-0.4, -0.2) is 18.4 Å². The maximum atomic E-state index is 12.7. The Morgan fingerprint density at radius 2 is 1.80 bits per heavy atom. The van der Waals surface area contributed by atoms with Crippen LogP contribution >= 0.6 is 0 Å². The van der Waals surface area contributed by atoms with E-state index in [2.05, 4.69) is 5.32 Å². The molecule has 0 saturated carbocycles. The minimum atomic E-state index is -4.45. The number of furan rings is 1. The zero-order valence-electron chi connectivity index (χ0n) is 15.7. The quantitative estimate of drug-likeness (QED) is 0.645. The van der Waals surface area contributed by atoms with Crippen molar-refractivity contribution in [2.24, 2.45) is 0 Å².